The van der Waals surface area contributed by atoms with Gasteiger partial charge in [0.25, 0.3) is 5.91 Å². The standard InChI is InChI=1S/C16H14ClNO2/c1-10-8-13(6-7-15(10)17)16(20)18-14-5-3-4-12(9-14)11(2)19/h3-9H,1-2H3,(H,18,20). The number of anilines is 1. The average Bonchev–Trinajstić information content (AvgIpc) is 2.42. The molecule has 0 aliphatic heterocycles. The number of nitrogens with one attached hydrogen (secondary N) is 1. The molecule has 2 aromatic rings. The molecule has 0 aromatic heterocycles. The number of carbonyl (C=O) groups is 2. The summed E-state index contributed by atoms with van der Waals surface area (Å²) in [4.78, 5) is 23.4. The fraction of sp³-hybridized carbons (Fsp3) is 0.125. The lowest BCUT2D eigenvalue weighted by atomic mass is 10.1. The summed E-state index contributed by atoms with van der Waals surface area (Å²) in [7, 11) is 0. The average molecular weight is 288 g/mol. The van der Waals surface area contributed by atoms with Gasteiger partial charge in [-0.2, -0.15) is 0 Å². The van der Waals surface area contributed by atoms with E-state index in [-0.39, 0.29) is 11.7 Å². The predicted octanol–water partition coefficient (Wildman–Crippen LogP) is 4.10. The number of hydrogen-bond acceptors (Lipinski definition) is 2. The molecule has 0 aliphatic rings. The predicted molar refractivity (Wildman–Crippen MR) is 80.6 cm³/mol. The Labute approximate surface area is 122 Å². The van der Waals surface area contributed by atoms with Gasteiger partial charge in [0, 0.05) is 21.8 Å². The number of hydrogen-bond donors (Lipinski definition) is 1. The van der Waals surface area contributed by atoms with Crippen molar-refractivity contribution in [2.45, 2.75) is 13.8 Å². The molecule has 102 valence electrons. The fourth-order valence-corrected chi connectivity index (χ4v) is 1.92. The maximum absolute atomic E-state index is 12.1. The van der Waals surface area contributed by atoms with Gasteiger partial charge in [-0.15, -0.1) is 0 Å². The summed E-state index contributed by atoms with van der Waals surface area (Å²) in [6, 6.07) is 11.9. The van der Waals surface area contributed by atoms with Crippen molar-refractivity contribution in [2.75, 3.05) is 5.32 Å². The van der Waals surface area contributed by atoms with Crippen molar-refractivity contribution < 1.29 is 9.59 Å². The molecular weight excluding hydrogens is 274 g/mol. The van der Waals surface area contributed by atoms with Crippen LogP contribution >= 0.6 is 11.6 Å². The van der Waals surface area contributed by atoms with Gasteiger partial charge >= 0.3 is 0 Å². The highest BCUT2D eigenvalue weighted by Crippen LogP contribution is 2.18. The van der Waals surface area contributed by atoms with Gasteiger partial charge in [-0.25, -0.2) is 0 Å². The molecule has 0 spiro atoms. The Kier molecular flexibility index (Phi) is 4.20. The SMILES string of the molecule is CC(=O)c1cccc(NC(=O)c2ccc(Cl)c(C)c2)c1. The molecule has 2 aromatic carbocycles. The minimum absolute atomic E-state index is 0.0385. The normalized spacial score (nSPS) is 10.2. The fourth-order valence-electron chi connectivity index (χ4n) is 1.81. The van der Waals surface area contributed by atoms with Crippen LogP contribution in [0.5, 0.6) is 0 Å². The molecule has 2 rings (SSSR count). The van der Waals surface area contributed by atoms with Crippen LogP contribution in [0.2, 0.25) is 5.02 Å². The molecule has 0 heterocycles. The molecule has 0 bridgehead atoms. The maximum Gasteiger partial charge on any atom is 0.255 e. The lowest BCUT2D eigenvalue weighted by Gasteiger charge is -2.07. The Hall–Kier alpha value is -2.13. The number of Topliss-reactive ketones (excluding diaryl/α,β-unsaturated/α-hetero) is 1. The van der Waals surface area contributed by atoms with E-state index < -0.39 is 0 Å². The second-order valence-electron chi connectivity index (χ2n) is 4.56. The van der Waals surface area contributed by atoms with Gasteiger partial charge in [0.15, 0.2) is 5.78 Å². The summed E-state index contributed by atoms with van der Waals surface area (Å²) < 4.78 is 0. The van der Waals surface area contributed by atoms with Crippen molar-refractivity contribution >= 4 is 29.0 Å². The van der Waals surface area contributed by atoms with E-state index in [2.05, 4.69) is 5.32 Å². The number of carbonyl (C=O) groups excluding carboxylic acids is 2. The van der Waals surface area contributed by atoms with Crippen molar-refractivity contribution in [3.05, 3.63) is 64.2 Å². The van der Waals surface area contributed by atoms with E-state index in [9.17, 15) is 9.59 Å². The zero-order chi connectivity index (χ0) is 14.7. The van der Waals surface area contributed by atoms with Gasteiger partial charge in [0.2, 0.25) is 0 Å². The Morgan fingerprint density at radius 2 is 1.80 bits per heavy atom. The molecule has 4 heteroatoms. The van der Waals surface area contributed by atoms with Crippen molar-refractivity contribution in [1.82, 2.24) is 0 Å². The summed E-state index contributed by atoms with van der Waals surface area (Å²) in [6.07, 6.45) is 0. The number of amides is 1. The summed E-state index contributed by atoms with van der Waals surface area (Å²) in [5.74, 6) is -0.270. The number of ketones is 1. The molecular formula is C16H14ClNO2. The molecule has 1 N–H and O–H groups in total. The monoisotopic (exact) mass is 287 g/mol. The van der Waals surface area contributed by atoms with E-state index in [0.29, 0.717) is 21.8 Å². The molecule has 0 fully saturated rings. The quantitative estimate of drug-likeness (QED) is 0.864. The zero-order valence-corrected chi connectivity index (χ0v) is 12.0. The molecule has 1 amide bonds. The molecule has 0 atom stereocenters. The van der Waals surface area contributed by atoms with Gasteiger partial charge in [-0.1, -0.05) is 23.7 Å². The van der Waals surface area contributed by atoms with Crippen LogP contribution in [0.1, 0.15) is 33.2 Å². The minimum atomic E-state index is -0.231. The maximum atomic E-state index is 12.1. The van der Waals surface area contributed by atoms with Gasteiger partial charge in [0.1, 0.15) is 0 Å². The first-order valence-electron chi connectivity index (χ1n) is 6.16. The van der Waals surface area contributed by atoms with Gasteiger partial charge in [-0.3, -0.25) is 9.59 Å². The molecule has 0 unspecified atom stereocenters. The molecule has 20 heavy (non-hydrogen) atoms. The second kappa shape index (κ2) is 5.88. The molecule has 3 nitrogen and oxygen atoms in total. The first kappa shape index (κ1) is 14.3. The molecule has 0 aliphatic carbocycles. The third-order valence-electron chi connectivity index (χ3n) is 2.95. The van der Waals surface area contributed by atoms with Crippen molar-refractivity contribution in [2.24, 2.45) is 0 Å². The van der Waals surface area contributed by atoms with Crippen molar-refractivity contribution in [1.29, 1.82) is 0 Å². The summed E-state index contributed by atoms with van der Waals surface area (Å²) in [5, 5.41) is 3.39. The summed E-state index contributed by atoms with van der Waals surface area (Å²) in [6.45, 7) is 3.33. The van der Waals surface area contributed by atoms with Gasteiger partial charge in [0.05, 0.1) is 0 Å². The van der Waals surface area contributed by atoms with E-state index in [1.807, 2.05) is 6.92 Å². The molecule has 0 saturated heterocycles. The van der Waals surface area contributed by atoms with E-state index in [4.69, 9.17) is 11.6 Å². The number of aryl methyl sites for hydroxylation is 1. The van der Waals surface area contributed by atoms with Crippen LogP contribution in [-0.4, -0.2) is 11.7 Å². The third-order valence-corrected chi connectivity index (χ3v) is 3.37. The van der Waals surface area contributed by atoms with Crippen LogP contribution < -0.4 is 5.32 Å². The largest absolute Gasteiger partial charge is 0.322 e. The van der Waals surface area contributed by atoms with Crippen LogP contribution in [0, 0.1) is 6.92 Å². The second-order valence-corrected chi connectivity index (χ2v) is 4.96. The topological polar surface area (TPSA) is 46.2 Å². The highest BCUT2D eigenvalue weighted by atomic mass is 35.5. The van der Waals surface area contributed by atoms with Gasteiger partial charge < -0.3 is 5.32 Å². The minimum Gasteiger partial charge on any atom is -0.322 e. The van der Waals surface area contributed by atoms with Crippen LogP contribution in [0.15, 0.2) is 42.5 Å². The smallest absolute Gasteiger partial charge is 0.255 e. The lowest BCUT2D eigenvalue weighted by Crippen LogP contribution is -2.12. The first-order valence-corrected chi connectivity index (χ1v) is 6.53. The van der Waals surface area contributed by atoms with Crippen LogP contribution in [0.4, 0.5) is 5.69 Å². The van der Waals surface area contributed by atoms with E-state index in [0.717, 1.165) is 5.56 Å². The molecule has 0 radical (unpaired) electrons. The number of rotatable bonds is 3. The third kappa shape index (κ3) is 3.25. The Morgan fingerprint density at radius 3 is 2.45 bits per heavy atom. The lowest BCUT2D eigenvalue weighted by molar-refractivity contribution is 0.101. The van der Waals surface area contributed by atoms with Crippen molar-refractivity contribution in [3.63, 3.8) is 0 Å². The van der Waals surface area contributed by atoms with E-state index >= 15 is 0 Å². The Morgan fingerprint density at radius 1 is 1.05 bits per heavy atom. The Balaban J connectivity index is 2.21. The summed E-state index contributed by atoms with van der Waals surface area (Å²) in [5.41, 5.74) is 2.53. The Bertz CT molecular complexity index is 680. The van der Waals surface area contributed by atoms with Crippen molar-refractivity contribution in [3.8, 4) is 0 Å². The number of benzene rings is 2. The van der Waals surface area contributed by atoms with Crippen LogP contribution in [0.25, 0.3) is 0 Å². The summed E-state index contributed by atoms with van der Waals surface area (Å²) >= 11 is 5.93. The van der Waals surface area contributed by atoms with Gasteiger partial charge in [-0.05, 0) is 49.7 Å². The van der Waals surface area contributed by atoms with E-state index in [1.165, 1.54) is 6.92 Å². The first-order chi connectivity index (χ1) is 9.47. The highest BCUT2D eigenvalue weighted by molar-refractivity contribution is 6.31. The molecule has 0 saturated carbocycles. The number of halogens is 1. The van der Waals surface area contributed by atoms with E-state index in [1.54, 1.807) is 42.5 Å². The zero-order valence-electron chi connectivity index (χ0n) is 11.2. The van der Waals surface area contributed by atoms with Crippen LogP contribution in [0.3, 0.4) is 0 Å². The highest BCUT2D eigenvalue weighted by Gasteiger charge is 2.08. The van der Waals surface area contributed by atoms with Crippen LogP contribution in [-0.2, 0) is 0 Å².